The number of methoxy groups -OCH3 is 1. The van der Waals surface area contributed by atoms with E-state index in [1.165, 1.54) is 24.0 Å². The molecule has 2 aliphatic rings. The summed E-state index contributed by atoms with van der Waals surface area (Å²) >= 11 is 0. The van der Waals surface area contributed by atoms with Gasteiger partial charge in [-0.1, -0.05) is 54.6 Å². The maximum Gasteiger partial charge on any atom is 0.269 e. The number of nitrogens with zero attached hydrogens (tertiary/aromatic N) is 1. The molecule has 0 radical (unpaired) electrons. The van der Waals surface area contributed by atoms with E-state index in [1.54, 1.807) is 7.11 Å². The first-order valence-corrected chi connectivity index (χ1v) is 11.6. The molecule has 2 atom stereocenters. The molecular formula is C28H31NO3. The van der Waals surface area contributed by atoms with Crippen molar-refractivity contribution >= 4 is 0 Å². The van der Waals surface area contributed by atoms with Crippen LogP contribution in [0.25, 0.3) is 11.1 Å². The summed E-state index contributed by atoms with van der Waals surface area (Å²) < 4.78 is 18.8. The summed E-state index contributed by atoms with van der Waals surface area (Å²) in [6, 6.07) is 25.2. The van der Waals surface area contributed by atoms with Gasteiger partial charge in [0.25, 0.3) is 5.91 Å². The van der Waals surface area contributed by atoms with Crippen LogP contribution in [-0.2, 0) is 11.2 Å². The topological polar surface area (TPSA) is 30.9 Å². The van der Waals surface area contributed by atoms with Crippen LogP contribution in [0.4, 0.5) is 0 Å². The third-order valence-corrected chi connectivity index (χ3v) is 6.74. The van der Waals surface area contributed by atoms with Crippen LogP contribution in [0.15, 0.2) is 72.8 Å². The third-order valence-electron chi connectivity index (χ3n) is 6.74. The van der Waals surface area contributed by atoms with E-state index in [4.69, 9.17) is 14.2 Å². The Morgan fingerprint density at radius 2 is 1.69 bits per heavy atom. The Hall–Kier alpha value is -2.82. The van der Waals surface area contributed by atoms with Crippen molar-refractivity contribution < 1.29 is 14.2 Å². The van der Waals surface area contributed by atoms with Crippen molar-refractivity contribution in [3.05, 3.63) is 83.9 Å². The van der Waals surface area contributed by atoms with Crippen molar-refractivity contribution in [2.75, 3.05) is 20.2 Å². The SMILES string of the molecule is COC(C)(Oc1ccc(C2CCc3ccccc3O2)cc1-c1ccccc1)N1CCCC1. The number of fused-ring (bicyclic) bond motifs is 1. The van der Waals surface area contributed by atoms with E-state index >= 15 is 0 Å². The lowest BCUT2D eigenvalue weighted by atomic mass is 9.94. The zero-order valence-corrected chi connectivity index (χ0v) is 18.9. The van der Waals surface area contributed by atoms with Crippen molar-refractivity contribution in [3.8, 4) is 22.6 Å². The number of hydrogen-bond acceptors (Lipinski definition) is 4. The number of para-hydroxylation sites is 1. The molecule has 1 fully saturated rings. The summed E-state index contributed by atoms with van der Waals surface area (Å²) in [4.78, 5) is 2.27. The molecule has 5 rings (SSSR count). The fourth-order valence-electron chi connectivity index (χ4n) is 4.80. The molecule has 2 heterocycles. The number of hydrogen-bond donors (Lipinski definition) is 0. The van der Waals surface area contributed by atoms with Crippen LogP contribution in [0.1, 0.15) is 43.4 Å². The number of rotatable bonds is 6. The lowest BCUT2D eigenvalue weighted by Gasteiger charge is -2.37. The van der Waals surface area contributed by atoms with Gasteiger partial charge in [0.15, 0.2) is 0 Å². The average Bonchev–Trinajstić information content (AvgIpc) is 3.40. The van der Waals surface area contributed by atoms with E-state index < -0.39 is 5.91 Å². The lowest BCUT2D eigenvalue weighted by Crippen LogP contribution is -2.51. The van der Waals surface area contributed by atoms with Gasteiger partial charge in [-0.25, -0.2) is 4.90 Å². The molecule has 0 saturated carbocycles. The molecule has 2 unspecified atom stereocenters. The third kappa shape index (κ3) is 4.13. The van der Waals surface area contributed by atoms with Gasteiger partial charge in [-0.2, -0.15) is 0 Å². The molecule has 2 aliphatic heterocycles. The molecule has 1 saturated heterocycles. The second-order valence-corrected chi connectivity index (χ2v) is 8.77. The summed E-state index contributed by atoms with van der Waals surface area (Å²) in [5.41, 5.74) is 4.65. The van der Waals surface area contributed by atoms with Crippen LogP contribution < -0.4 is 9.47 Å². The van der Waals surface area contributed by atoms with Crippen LogP contribution >= 0.6 is 0 Å². The minimum atomic E-state index is -0.790. The Morgan fingerprint density at radius 3 is 2.47 bits per heavy atom. The van der Waals surface area contributed by atoms with Gasteiger partial charge in [0.05, 0.1) is 0 Å². The Kier molecular flexibility index (Phi) is 5.90. The maximum atomic E-state index is 6.58. The zero-order valence-electron chi connectivity index (χ0n) is 18.9. The predicted octanol–water partition coefficient (Wildman–Crippen LogP) is 6.21. The average molecular weight is 430 g/mol. The minimum Gasteiger partial charge on any atom is -0.485 e. The number of ether oxygens (including phenoxy) is 3. The molecule has 4 heteroatoms. The Balaban J connectivity index is 1.49. The Bertz CT molecular complexity index is 1060. The first-order chi connectivity index (χ1) is 15.7. The van der Waals surface area contributed by atoms with Crippen LogP contribution in [0.2, 0.25) is 0 Å². The van der Waals surface area contributed by atoms with Crippen molar-refractivity contribution in [2.24, 2.45) is 0 Å². The van der Waals surface area contributed by atoms with Crippen molar-refractivity contribution in [2.45, 2.75) is 44.6 Å². The van der Waals surface area contributed by atoms with Gasteiger partial charge in [0.1, 0.15) is 17.6 Å². The van der Waals surface area contributed by atoms with E-state index in [0.29, 0.717) is 0 Å². The number of aryl methyl sites for hydroxylation is 1. The molecule has 32 heavy (non-hydrogen) atoms. The summed E-state index contributed by atoms with van der Waals surface area (Å²) in [6.07, 6.45) is 4.38. The molecule has 0 N–H and O–H groups in total. The normalized spacial score (nSPS) is 20.2. The largest absolute Gasteiger partial charge is 0.485 e. The van der Waals surface area contributed by atoms with E-state index in [-0.39, 0.29) is 6.10 Å². The molecule has 0 aliphatic carbocycles. The van der Waals surface area contributed by atoms with E-state index in [9.17, 15) is 0 Å². The molecule has 0 bridgehead atoms. The van der Waals surface area contributed by atoms with Gasteiger partial charge in [0.2, 0.25) is 0 Å². The predicted molar refractivity (Wildman–Crippen MR) is 127 cm³/mol. The zero-order chi connectivity index (χ0) is 22.0. The van der Waals surface area contributed by atoms with Crippen LogP contribution in [0.5, 0.6) is 11.5 Å². The van der Waals surface area contributed by atoms with Gasteiger partial charge in [-0.3, -0.25) is 0 Å². The summed E-state index contributed by atoms with van der Waals surface area (Å²) in [5.74, 6) is 1.03. The molecule has 166 valence electrons. The van der Waals surface area contributed by atoms with Crippen molar-refractivity contribution in [1.29, 1.82) is 0 Å². The molecule has 0 spiro atoms. The molecule has 3 aromatic rings. The summed E-state index contributed by atoms with van der Waals surface area (Å²) in [5, 5.41) is 0. The summed E-state index contributed by atoms with van der Waals surface area (Å²) in [6.45, 7) is 3.99. The first-order valence-electron chi connectivity index (χ1n) is 11.6. The molecular weight excluding hydrogens is 398 g/mol. The van der Waals surface area contributed by atoms with Crippen LogP contribution in [0, 0.1) is 0 Å². The quantitative estimate of drug-likeness (QED) is 0.436. The fraction of sp³-hybridized carbons (Fsp3) is 0.357. The smallest absolute Gasteiger partial charge is 0.269 e. The highest BCUT2D eigenvalue weighted by molar-refractivity contribution is 5.71. The van der Waals surface area contributed by atoms with Gasteiger partial charge < -0.3 is 14.2 Å². The van der Waals surface area contributed by atoms with Gasteiger partial charge >= 0.3 is 0 Å². The molecule has 4 nitrogen and oxygen atoms in total. The maximum absolute atomic E-state index is 6.58. The van der Waals surface area contributed by atoms with Gasteiger partial charge in [0, 0.05) is 32.7 Å². The van der Waals surface area contributed by atoms with Crippen LogP contribution in [0.3, 0.4) is 0 Å². The molecule has 0 amide bonds. The van der Waals surface area contributed by atoms with E-state index in [0.717, 1.165) is 48.6 Å². The lowest BCUT2D eigenvalue weighted by molar-refractivity contribution is -0.242. The summed E-state index contributed by atoms with van der Waals surface area (Å²) in [7, 11) is 1.72. The standard InChI is InChI=1S/C28H31NO3/c1-28(30-2,29-18-8-9-19-29)32-27-17-15-23(20-24(27)21-10-4-3-5-11-21)26-16-14-22-12-6-7-13-25(22)31-26/h3-7,10-13,15,17,20,26H,8-9,14,16,18-19H2,1-2H3. The molecule has 0 aromatic heterocycles. The highest BCUT2D eigenvalue weighted by atomic mass is 16.7. The second kappa shape index (κ2) is 8.97. The number of benzene rings is 3. The number of likely N-dealkylation sites (tertiary alicyclic amines) is 1. The van der Waals surface area contributed by atoms with Crippen molar-refractivity contribution in [3.63, 3.8) is 0 Å². The van der Waals surface area contributed by atoms with Gasteiger partial charge in [-0.05, 0) is 60.6 Å². The highest BCUT2D eigenvalue weighted by Crippen LogP contribution is 2.40. The highest BCUT2D eigenvalue weighted by Gasteiger charge is 2.37. The monoisotopic (exact) mass is 429 g/mol. The Morgan fingerprint density at radius 1 is 0.938 bits per heavy atom. The van der Waals surface area contributed by atoms with Crippen LogP contribution in [-0.4, -0.2) is 31.0 Å². The minimum absolute atomic E-state index is 0.0359. The van der Waals surface area contributed by atoms with E-state index in [1.807, 2.05) is 19.1 Å². The van der Waals surface area contributed by atoms with Gasteiger partial charge in [-0.15, -0.1) is 0 Å². The van der Waals surface area contributed by atoms with E-state index in [2.05, 4.69) is 65.6 Å². The van der Waals surface area contributed by atoms with Crippen molar-refractivity contribution in [1.82, 2.24) is 4.90 Å². The Labute approximate surface area is 190 Å². The second-order valence-electron chi connectivity index (χ2n) is 8.77. The first kappa shape index (κ1) is 21.0. The molecule has 3 aromatic carbocycles. The fourth-order valence-corrected chi connectivity index (χ4v) is 4.80.